The quantitative estimate of drug-likeness (QED) is 0.787. The number of carbonyl (C=O) groups excluding carboxylic acids is 1. The molecule has 0 bridgehead atoms. The molecule has 19 heavy (non-hydrogen) atoms. The fraction of sp³-hybridized carbons (Fsp3) is 0.846. The van der Waals surface area contributed by atoms with Gasteiger partial charge >= 0.3 is 12.0 Å². The van der Waals surface area contributed by atoms with Crippen molar-refractivity contribution in [1.82, 2.24) is 10.2 Å². The lowest BCUT2D eigenvalue weighted by Gasteiger charge is -2.37. The predicted octanol–water partition coefficient (Wildman–Crippen LogP) is 1.17. The van der Waals surface area contributed by atoms with Gasteiger partial charge in [0.25, 0.3) is 0 Å². The van der Waals surface area contributed by atoms with Gasteiger partial charge in [0, 0.05) is 26.7 Å². The Kier molecular flexibility index (Phi) is 5.60. The Labute approximate surface area is 114 Å². The fourth-order valence-corrected chi connectivity index (χ4v) is 2.30. The van der Waals surface area contributed by atoms with E-state index in [1.165, 1.54) is 0 Å². The number of amides is 2. The maximum Gasteiger partial charge on any atom is 0.317 e. The number of carboxylic acids is 1. The minimum atomic E-state index is -0.835. The SMILES string of the molecule is COCC(C)CNC(=O)N1CCCC(C)(C(=O)O)C1. The summed E-state index contributed by atoms with van der Waals surface area (Å²) in [5.41, 5.74) is -0.826. The van der Waals surface area contributed by atoms with E-state index in [0.29, 0.717) is 26.1 Å². The van der Waals surface area contributed by atoms with Crippen molar-refractivity contribution in [2.24, 2.45) is 11.3 Å². The predicted molar refractivity (Wildman–Crippen MR) is 71.0 cm³/mol. The van der Waals surface area contributed by atoms with Crippen LogP contribution in [0.15, 0.2) is 0 Å². The van der Waals surface area contributed by atoms with Crippen LogP contribution in [-0.4, -0.2) is 55.4 Å². The molecule has 1 saturated heterocycles. The minimum Gasteiger partial charge on any atom is -0.481 e. The van der Waals surface area contributed by atoms with Crippen molar-refractivity contribution in [1.29, 1.82) is 0 Å². The Hall–Kier alpha value is -1.30. The standard InChI is InChI=1S/C13H24N2O4/c1-10(8-19-3)7-14-12(18)15-6-4-5-13(2,9-15)11(16)17/h10H,4-9H2,1-3H3,(H,14,18)(H,16,17). The van der Waals surface area contributed by atoms with Crippen LogP contribution in [0.2, 0.25) is 0 Å². The molecule has 6 heteroatoms. The molecule has 1 aliphatic heterocycles. The van der Waals surface area contributed by atoms with Gasteiger partial charge in [-0.2, -0.15) is 0 Å². The van der Waals surface area contributed by atoms with Gasteiger partial charge in [0.15, 0.2) is 0 Å². The summed E-state index contributed by atoms with van der Waals surface area (Å²) in [5, 5.41) is 12.0. The Balaban J connectivity index is 2.46. The van der Waals surface area contributed by atoms with E-state index in [0.717, 1.165) is 6.42 Å². The van der Waals surface area contributed by atoms with E-state index < -0.39 is 11.4 Å². The van der Waals surface area contributed by atoms with Gasteiger partial charge in [-0.25, -0.2) is 4.79 Å². The van der Waals surface area contributed by atoms with E-state index >= 15 is 0 Å². The average molecular weight is 272 g/mol. The lowest BCUT2D eigenvalue weighted by molar-refractivity contribution is -0.150. The topological polar surface area (TPSA) is 78.9 Å². The van der Waals surface area contributed by atoms with Gasteiger partial charge in [-0.15, -0.1) is 0 Å². The summed E-state index contributed by atoms with van der Waals surface area (Å²) in [6.45, 7) is 5.70. The van der Waals surface area contributed by atoms with Gasteiger partial charge in [-0.05, 0) is 25.7 Å². The number of rotatable bonds is 5. The third-order valence-electron chi connectivity index (χ3n) is 3.55. The van der Waals surface area contributed by atoms with Crippen molar-refractivity contribution in [3.05, 3.63) is 0 Å². The van der Waals surface area contributed by atoms with Gasteiger partial charge in [0.1, 0.15) is 0 Å². The van der Waals surface area contributed by atoms with Crippen LogP contribution in [-0.2, 0) is 9.53 Å². The second kappa shape index (κ2) is 6.75. The molecule has 1 rings (SSSR count). The number of carboxylic acid groups (broad SMARTS) is 1. The molecule has 0 saturated carbocycles. The van der Waals surface area contributed by atoms with Crippen molar-refractivity contribution in [2.45, 2.75) is 26.7 Å². The number of hydrogen-bond donors (Lipinski definition) is 2. The number of hydrogen-bond acceptors (Lipinski definition) is 3. The molecule has 110 valence electrons. The zero-order chi connectivity index (χ0) is 14.5. The number of carbonyl (C=O) groups is 2. The van der Waals surface area contributed by atoms with Gasteiger partial charge in [-0.1, -0.05) is 6.92 Å². The molecule has 2 amide bonds. The summed E-state index contributed by atoms with van der Waals surface area (Å²) < 4.78 is 5.00. The highest BCUT2D eigenvalue weighted by Crippen LogP contribution is 2.29. The number of nitrogens with zero attached hydrogens (tertiary/aromatic N) is 1. The highest BCUT2D eigenvalue weighted by Gasteiger charge is 2.39. The number of methoxy groups -OCH3 is 1. The molecular formula is C13H24N2O4. The van der Waals surface area contributed by atoms with Crippen molar-refractivity contribution < 1.29 is 19.4 Å². The molecule has 0 spiro atoms. The van der Waals surface area contributed by atoms with Crippen LogP contribution >= 0.6 is 0 Å². The lowest BCUT2D eigenvalue weighted by Crippen LogP contribution is -2.52. The summed E-state index contributed by atoms with van der Waals surface area (Å²) in [7, 11) is 1.63. The zero-order valence-electron chi connectivity index (χ0n) is 11.9. The first kappa shape index (κ1) is 15.8. The molecular weight excluding hydrogens is 248 g/mol. The summed E-state index contributed by atoms with van der Waals surface area (Å²) in [6, 6.07) is -0.185. The summed E-state index contributed by atoms with van der Waals surface area (Å²) in [6.07, 6.45) is 1.34. The number of urea groups is 1. The second-order valence-electron chi connectivity index (χ2n) is 5.64. The van der Waals surface area contributed by atoms with Crippen molar-refractivity contribution in [3.63, 3.8) is 0 Å². The molecule has 1 aliphatic rings. The monoisotopic (exact) mass is 272 g/mol. The molecule has 0 aliphatic carbocycles. The minimum absolute atomic E-state index is 0.185. The number of likely N-dealkylation sites (tertiary alicyclic amines) is 1. The van der Waals surface area contributed by atoms with E-state index in [2.05, 4.69) is 5.32 Å². The van der Waals surface area contributed by atoms with Crippen molar-refractivity contribution >= 4 is 12.0 Å². The highest BCUT2D eigenvalue weighted by atomic mass is 16.5. The summed E-state index contributed by atoms with van der Waals surface area (Å²) >= 11 is 0. The molecule has 2 atom stereocenters. The van der Waals surface area contributed by atoms with E-state index in [4.69, 9.17) is 4.74 Å². The average Bonchev–Trinajstić information content (AvgIpc) is 2.36. The molecule has 2 unspecified atom stereocenters. The first-order valence-electron chi connectivity index (χ1n) is 6.64. The molecule has 0 aromatic rings. The van der Waals surface area contributed by atoms with Gasteiger partial charge in [-0.3, -0.25) is 4.79 Å². The van der Waals surface area contributed by atoms with Crippen LogP contribution in [0.5, 0.6) is 0 Å². The van der Waals surface area contributed by atoms with Gasteiger partial charge in [0.05, 0.1) is 12.0 Å². The van der Waals surface area contributed by atoms with E-state index in [1.807, 2.05) is 6.92 Å². The maximum absolute atomic E-state index is 12.0. The smallest absolute Gasteiger partial charge is 0.317 e. The van der Waals surface area contributed by atoms with Crippen LogP contribution in [0, 0.1) is 11.3 Å². The number of aliphatic carboxylic acids is 1. The van der Waals surface area contributed by atoms with Crippen LogP contribution in [0.25, 0.3) is 0 Å². The van der Waals surface area contributed by atoms with E-state index in [1.54, 1.807) is 18.9 Å². The maximum atomic E-state index is 12.0. The van der Waals surface area contributed by atoms with Gasteiger partial charge in [0.2, 0.25) is 0 Å². The van der Waals surface area contributed by atoms with E-state index in [9.17, 15) is 14.7 Å². The molecule has 1 heterocycles. The Morgan fingerprint density at radius 2 is 2.21 bits per heavy atom. The Morgan fingerprint density at radius 1 is 1.53 bits per heavy atom. The molecule has 0 aromatic heterocycles. The first-order chi connectivity index (χ1) is 8.89. The Bertz CT molecular complexity index is 335. The number of piperidine rings is 1. The van der Waals surface area contributed by atoms with Crippen LogP contribution in [0.4, 0.5) is 4.79 Å². The number of nitrogens with one attached hydrogen (secondary N) is 1. The zero-order valence-corrected chi connectivity index (χ0v) is 11.9. The first-order valence-corrected chi connectivity index (χ1v) is 6.64. The lowest BCUT2D eigenvalue weighted by atomic mass is 9.82. The molecule has 0 aromatic carbocycles. The molecule has 2 N–H and O–H groups in total. The third kappa shape index (κ3) is 4.38. The van der Waals surface area contributed by atoms with Crippen molar-refractivity contribution in [3.8, 4) is 0 Å². The molecule has 6 nitrogen and oxygen atoms in total. The van der Waals surface area contributed by atoms with Crippen LogP contribution < -0.4 is 5.32 Å². The van der Waals surface area contributed by atoms with Crippen molar-refractivity contribution in [2.75, 3.05) is 33.4 Å². The second-order valence-corrected chi connectivity index (χ2v) is 5.64. The van der Waals surface area contributed by atoms with E-state index in [-0.39, 0.29) is 18.5 Å². The summed E-state index contributed by atoms with van der Waals surface area (Å²) in [5.74, 6) is -0.595. The normalized spacial score (nSPS) is 24.9. The van der Waals surface area contributed by atoms with Gasteiger partial charge < -0.3 is 20.1 Å². The molecule has 0 radical (unpaired) electrons. The largest absolute Gasteiger partial charge is 0.481 e. The Morgan fingerprint density at radius 3 is 2.79 bits per heavy atom. The summed E-state index contributed by atoms with van der Waals surface area (Å²) in [4.78, 5) is 24.8. The molecule has 1 fully saturated rings. The third-order valence-corrected chi connectivity index (χ3v) is 3.55. The van der Waals surface area contributed by atoms with Crippen LogP contribution in [0.1, 0.15) is 26.7 Å². The van der Waals surface area contributed by atoms with Crippen LogP contribution in [0.3, 0.4) is 0 Å². The fourth-order valence-electron chi connectivity index (χ4n) is 2.30. The number of ether oxygens (including phenoxy) is 1. The highest BCUT2D eigenvalue weighted by molar-refractivity contribution is 5.78.